The number of hydrogen-bond acceptors (Lipinski definition) is 5. The van der Waals surface area contributed by atoms with Crippen molar-refractivity contribution in [2.24, 2.45) is 0 Å². The minimum absolute atomic E-state index is 0.129. The Hall–Kier alpha value is -3.77. The molecule has 0 saturated carbocycles. The number of benzene rings is 3. The maximum Gasteiger partial charge on any atom is 0.256 e. The zero-order valence-electron chi connectivity index (χ0n) is 18.0. The second-order valence-corrected chi connectivity index (χ2v) is 8.13. The molecule has 1 fully saturated rings. The van der Waals surface area contributed by atoms with Crippen molar-refractivity contribution in [3.05, 3.63) is 84.4 Å². The maximum atomic E-state index is 13.0. The number of piperazine rings is 1. The molecule has 4 aromatic rings. The molecule has 1 aromatic heterocycles. The molecule has 0 bridgehead atoms. The molecule has 0 spiro atoms. The third kappa shape index (κ3) is 4.18. The third-order valence-electron chi connectivity index (χ3n) is 5.93. The molecule has 5 rings (SSSR count). The van der Waals surface area contributed by atoms with Gasteiger partial charge in [0.1, 0.15) is 0 Å². The van der Waals surface area contributed by atoms with Crippen LogP contribution in [0.25, 0.3) is 22.0 Å². The topological polar surface area (TPSA) is 61.4 Å². The van der Waals surface area contributed by atoms with E-state index in [2.05, 4.69) is 32.4 Å². The average molecular weight is 424 g/mol. The number of fused-ring (bicyclic) bond motifs is 1. The van der Waals surface area contributed by atoms with E-state index >= 15 is 0 Å². The SMILES string of the molecule is CN1CCN(c2ccc(-c3cccc(NC(=O)c4cccc5ccccc45)c3)nn2)CC1. The number of carbonyl (C=O) groups excluding carboxylic acids is 1. The molecule has 0 radical (unpaired) electrons. The fourth-order valence-corrected chi connectivity index (χ4v) is 4.06. The van der Waals surface area contributed by atoms with Gasteiger partial charge < -0.3 is 15.1 Å². The van der Waals surface area contributed by atoms with Gasteiger partial charge >= 0.3 is 0 Å². The Kier molecular flexibility index (Phi) is 5.52. The predicted octanol–water partition coefficient (Wildman–Crippen LogP) is 4.30. The normalized spacial score (nSPS) is 14.5. The van der Waals surface area contributed by atoms with Crippen LogP contribution in [0.15, 0.2) is 78.9 Å². The van der Waals surface area contributed by atoms with E-state index in [1.807, 2.05) is 78.9 Å². The Bertz CT molecular complexity index is 1240. The van der Waals surface area contributed by atoms with E-state index < -0.39 is 0 Å². The van der Waals surface area contributed by atoms with Gasteiger partial charge in [-0.25, -0.2) is 0 Å². The molecule has 2 heterocycles. The standard InChI is InChI=1S/C26H25N5O/c1-30-14-16-31(17-15-30)25-13-12-24(28-29-25)20-8-4-9-21(18-20)27-26(32)23-11-5-7-19-6-2-3-10-22(19)23/h2-13,18H,14-17H2,1H3,(H,27,32). The average Bonchev–Trinajstić information content (AvgIpc) is 2.84. The van der Waals surface area contributed by atoms with Crippen LogP contribution in [0.1, 0.15) is 10.4 Å². The fourth-order valence-electron chi connectivity index (χ4n) is 4.06. The third-order valence-corrected chi connectivity index (χ3v) is 5.93. The lowest BCUT2D eigenvalue weighted by Crippen LogP contribution is -2.44. The Labute approximate surface area is 187 Å². The molecule has 160 valence electrons. The molecular formula is C26H25N5O. The number of amides is 1. The van der Waals surface area contributed by atoms with Gasteiger partial charge in [0.05, 0.1) is 5.69 Å². The van der Waals surface area contributed by atoms with Crippen LogP contribution in [0.2, 0.25) is 0 Å². The van der Waals surface area contributed by atoms with Crippen LogP contribution < -0.4 is 10.2 Å². The first-order valence-corrected chi connectivity index (χ1v) is 10.8. The number of likely N-dealkylation sites (N-methyl/N-ethyl adjacent to an activating group) is 1. The molecule has 6 heteroatoms. The lowest BCUT2D eigenvalue weighted by Gasteiger charge is -2.32. The molecule has 0 atom stereocenters. The zero-order valence-corrected chi connectivity index (χ0v) is 18.0. The largest absolute Gasteiger partial charge is 0.353 e. The summed E-state index contributed by atoms with van der Waals surface area (Å²) in [6.07, 6.45) is 0. The maximum absolute atomic E-state index is 13.0. The highest BCUT2D eigenvalue weighted by molar-refractivity contribution is 6.13. The van der Waals surface area contributed by atoms with E-state index in [0.717, 1.165) is 59.7 Å². The van der Waals surface area contributed by atoms with Gasteiger partial charge in [0.2, 0.25) is 0 Å². The number of rotatable bonds is 4. The summed E-state index contributed by atoms with van der Waals surface area (Å²) in [6.45, 7) is 3.98. The quantitative estimate of drug-likeness (QED) is 0.530. The van der Waals surface area contributed by atoms with Gasteiger partial charge in [-0.2, -0.15) is 0 Å². The molecule has 0 unspecified atom stereocenters. The van der Waals surface area contributed by atoms with Crippen LogP contribution >= 0.6 is 0 Å². The number of hydrogen-bond donors (Lipinski definition) is 1. The highest BCUT2D eigenvalue weighted by Gasteiger charge is 2.16. The van der Waals surface area contributed by atoms with E-state index in [1.165, 1.54) is 0 Å². The number of aromatic nitrogens is 2. The molecule has 1 aliphatic rings. The Morgan fingerprint density at radius 3 is 2.44 bits per heavy atom. The highest BCUT2D eigenvalue weighted by atomic mass is 16.1. The van der Waals surface area contributed by atoms with Crippen LogP contribution in [0.4, 0.5) is 11.5 Å². The molecule has 0 aliphatic carbocycles. The first kappa shape index (κ1) is 20.2. The summed E-state index contributed by atoms with van der Waals surface area (Å²) >= 11 is 0. The zero-order chi connectivity index (χ0) is 21.9. The molecule has 1 aliphatic heterocycles. The summed E-state index contributed by atoms with van der Waals surface area (Å²) in [6, 6.07) is 25.4. The van der Waals surface area contributed by atoms with Gasteiger partial charge in [0.15, 0.2) is 5.82 Å². The molecule has 6 nitrogen and oxygen atoms in total. The highest BCUT2D eigenvalue weighted by Crippen LogP contribution is 2.24. The molecule has 1 amide bonds. The van der Waals surface area contributed by atoms with Gasteiger partial charge in [-0.3, -0.25) is 4.79 Å². The first-order valence-electron chi connectivity index (χ1n) is 10.8. The Balaban J connectivity index is 1.34. The smallest absolute Gasteiger partial charge is 0.256 e. The minimum Gasteiger partial charge on any atom is -0.353 e. The van der Waals surface area contributed by atoms with Crippen LogP contribution in [-0.2, 0) is 0 Å². The van der Waals surface area contributed by atoms with Crippen LogP contribution in [-0.4, -0.2) is 54.2 Å². The van der Waals surface area contributed by atoms with Gasteiger partial charge in [-0.15, -0.1) is 10.2 Å². The lowest BCUT2D eigenvalue weighted by atomic mass is 10.0. The van der Waals surface area contributed by atoms with Gasteiger partial charge in [0.25, 0.3) is 5.91 Å². The minimum atomic E-state index is -0.129. The van der Waals surface area contributed by atoms with Crippen molar-refractivity contribution in [2.45, 2.75) is 0 Å². The second kappa shape index (κ2) is 8.77. The van der Waals surface area contributed by atoms with Gasteiger partial charge in [0, 0.05) is 43.0 Å². The molecule has 32 heavy (non-hydrogen) atoms. The molecule has 1 saturated heterocycles. The summed E-state index contributed by atoms with van der Waals surface area (Å²) in [7, 11) is 2.14. The monoisotopic (exact) mass is 423 g/mol. The van der Waals surface area contributed by atoms with E-state index in [1.54, 1.807) is 0 Å². The predicted molar refractivity (Wildman–Crippen MR) is 129 cm³/mol. The van der Waals surface area contributed by atoms with Crippen molar-refractivity contribution in [1.82, 2.24) is 15.1 Å². The lowest BCUT2D eigenvalue weighted by molar-refractivity contribution is 0.102. The van der Waals surface area contributed by atoms with E-state index in [4.69, 9.17) is 0 Å². The summed E-state index contributed by atoms with van der Waals surface area (Å²) in [5.41, 5.74) is 3.08. The van der Waals surface area contributed by atoms with Gasteiger partial charge in [-0.1, -0.05) is 48.5 Å². The molecule has 3 aromatic carbocycles. The van der Waals surface area contributed by atoms with Crippen LogP contribution in [0.5, 0.6) is 0 Å². The fraction of sp³-hybridized carbons (Fsp3) is 0.192. The van der Waals surface area contributed by atoms with Crippen molar-refractivity contribution in [1.29, 1.82) is 0 Å². The summed E-state index contributed by atoms with van der Waals surface area (Å²) < 4.78 is 0. The van der Waals surface area contributed by atoms with Crippen molar-refractivity contribution < 1.29 is 4.79 Å². The Morgan fingerprint density at radius 2 is 1.62 bits per heavy atom. The van der Waals surface area contributed by atoms with Crippen molar-refractivity contribution >= 4 is 28.2 Å². The van der Waals surface area contributed by atoms with Crippen LogP contribution in [0.3, 0.4) is 0 Å². The second-order valence-electron chi connectivity index (χ2n) is 8.13. The van der Waals surface area contributed by atoms with E-state index in [0.29, 0.717) is 5.56 Å². The van der Waals surface area contributed by atoms with E-state index in [9.17, 15) is 4.79 Å². The summed E-state index contributed by atoms with van der Waals surface area (Å²) in [5.74, 6) is 0.776. The van der Waals surface area contributed by atoms with Crippen molar-refractivity contribution in [2.75, 3.05) is 43.4 Å². The number of nitrogens with one attached hydrogen (secondary N) is 1. The summed E-state index contributed by atoms with van der Waals surface area (Å²) in [5, 5.41) is 13.9. The molecular weight excluding hydrogens is 398 g/mol. The van der Waals surface area contributed by atoms with Crippen LogP contribution in [0, 0.1) is 0 Å². The number of nitrogens with zero attached hydrogens (tertiary/aromatic N) is 4. The van der Waals surface area contributed by atoms with Gasteiger partial charge in [-0.05, 0) is 48.2 Å². The van der Waals surface area contributed by atoms with Crippen molar-refractivity contribution in [3.63, 3.8) is 0 Å². The Morgan fingerprint density at radius 1 is 0.844 bits per heavy atom. The molecule has 1 N–H and O–H groups in total. The number of anilines is 2. The number of carbonyl (C=O) groups is 1. The first-order chi connectivity index (χ1) is 15.7. The van der Waals surface area contributed by atoms with Crippen molar-refractivity contribution in [3.8, 4) is 11.3 Å². The summed E-state index contributed by atoms with van der Waals surface area (Å²) in [4.78, 5) is 17.5. The van der Waals surface area contributed by atoms with E-state index in [-0.39, 0.29) is 5.91 Å².